The summed E-state index contributed by atoms with van der Waals surface area (Å²) in [5.74, 6) is -1.84. The Morgan fingerprint density at radius 1 is 1.12 bits per heavy atom. The van der Waals surface area contributed by atoms with Crippen molar-refractivity contribution in [2.75, 3.05) is 4.90 Å². The van der Waals surface area contributed by atoms with Gasteiger partial charge >= 0.3 is 5.91 Å². The molecule has 1 aliphatic heterocycles. The molecular weight excluding hydrogens is 494 g/mol. The van der Waals surface area contributed by atoms with Crippen molar-refractivity contribution in [3.8, 4) is 0 Å². The highest BCUT2D eigenvalue weighted by molar-refractivity contribution is 9.10. The number of hydrogen-bond acceptors (Lipinski definition) is 7. The van der Waals surface area contributed by atoms with Crippen LogP contribution in [0.15, 0.2) is 58.7 Å². The highest BCUT2D eigenvalue weighted by Gasteiger charge is 2.48. The molecule has 1 fully saturated rings. The van der Waals surface area contributed by atoms with Gasteiger partial charge in [0.15, 0.2) is 5.76 Å². The topological polar surface area (TPSA) is 101 Å². The Kier molecular flexibility index (Phi) is 4.90. The maximum atomic E-state index is 13.3. The number of halogens is 1. The van der Waals surface area contributed by atoms with Gasteiger partial charge in [-0.1, -0.05) is 45.5 Å². The number of pyridine rings is 1. The van der Waals surface area contributed by atoms with E-state index in [1.807, 2.05) is 24.3 Å². The molecule has 10 heteroatoms. The van der Waals surface area contributed by atoms with E-state index < -0.39 is 17.7 Å². The van der Waals surface area contributed by atoms with Gasteiger partial charge in [0.2, 0.25) is 5.13 Å². The summed E-state index contributed by atoms with van der Waals surface area (Å²) >= 11 is 4.66. The van der Waals surface area contributed by atoms with Gasteiger partial charge in [0.1, 0.15) is 16.3 Å². The molecule has 160 valence electrons. The van der Waals surface area contributed by atoms with Crippen LogP contribution in [0.3, 0.4) is 0 Å². The second kappa shape index (κ2) is 7.64. The molecule has 0 spiro atoms. The highest BCUT2D eigenvalue weighted by Crippen LogP contribution is 2.43. The Morgan fingerprint density at radius 3 is 2.66 bits per heavy atom. The minimum absolute atomic E-state index is 0.0188. The molecule has 4 aromatic rings. The monoisotopic (exact) mass is 509 g/mol. The zero-order valence-electron chi connectivity index (χ0n) is 17.0. The summed E-state index contributed by atoms with van der Waals surface area (Å²) in [6.07, 6.45) is 1.75. The quantitative estimate of drug-likeness (QED) is 0.252. The molecule has 4 heterocycles. The molecule has 5 rings (SSSR count). The van der Waals surface area contributed by atoms with Crippen molar-refractivity contribution in [1.82, 2.24) is 19.6 Å². The predicted octanol–water partition coefficient (Wildman–Crippen LogP) is 4.19. The molecule has 3 aromatic heterocycles. The maximum Gasteiger partial charge on any atom is 0.301 e. The largest absolute Gasteiger partial charge is 0.505 e. The fourth-order valence-corrected chi connectivity index (χ4v) is 5.06. The summed E-state index contributed by atoms with van der Waals surface area (Å²) in [5, 5.41) is 20.5. The van der Waals surface area contributed by atoms with Crippen LogP contribution >= 0.6 is 27.3 Å². The zero-order valence-corrected chi connectivity index (χ0v) is 19.4. The molecule has 1 saturated heterocycles. The van der Waals surface area contributed by atoms with Gasteiger partial charge in [-0.3, -0.25) is 18.9 Å². The van der Waals surface area contributed by atoms with E-state index in [0.29, 0.717) is 32.7 Å². The average Bonchev–Trinajstić information content (AvgIpc) is 3.41. The van der Waals surface area contributed by atoms with Gasteiger partial charge in [0, 0.05) is 10.7 Å². The lowest BCUT2D eigenvalue weighted by atomic mass is 9.96. The Hall–Kier alpha value is -3.37. The molecule has 8 nitrogen and oxygen atoms in total. The fourth-order valence-electron chi connectivity index (χ4n) is 3.93. The van der Waals surface area contributed by atoms with Crippen molar-refractivity contribution in [3.63, 3.8) is 0 Å². The third-order valence-corrected chi connectivity index (χ3v) is 6.59. The Labute approximate surface area is 195 Å². The maximum absolute atomic E-state index is 13.3. The lowest BCUT2D eigenvalue weighted by Crippen LogP contribution is -2.29. The van der Waals surface area contributed by atoms with Gasteiger partial charge in [-0.25, -0.2) is 4.98 Å². The number of amides is 1. The zero-order chi connectivity index (χ0) is 22.6. The van der Waals surface area contributed by atoms with E-state index in [2.05, 4.69) is 31.1 Å². The van der Waals surface area contributed by atoms with Crippen molar-refractivity contribution in [2.45, 2.75) is 19.9 Å². The Bertz CT molecular complexity index is 1440. The third-order valence-electron chi connectivity index (χ3n) is 5.26. The van der Waals surface area contributed by atoms with E-state index in [0.717, 1.165) is 4.47 Å². The molecule has 32 heavy (non-hydrogen) atoms. The van der Waals surface area contributed by atoms with Crippen molar-refractivity contribution in [1.29, 1.82) is 0 Å². The summed E-state index contributed by atoms with van der Waals surface area (Å²) in [7, 11) is 0. The first-order chi connectivity index (χ1) is 15.4. The van der Waals surface area contributed by atoms with Crippen LogP contribution in [-0.2, 0) is 9.59 Å². The number of imidazole rings is 1. The average molecular weight is 510 g/mol. The van der Waals surface area contributed by atoms with Crippen LogP contribution in [0.25, 0.3) is 11.4 Å². The molecule has 0 radical (unpaired) electrons. The Morgan fingerprint density at radius 2 is 1.94 bits per heavy atom. The number of rotatable bonds is 3. The summed E-state index contributed by atoms with van der Waals surface area (Å²) in [5.41, 5.74) is 2.17. The fraction of sp³-hybridized carbons (Fsp3) is 0.136. The molecule has 1 atom stereocenters. The van der Waals surface area contributed by atoms with E-state index in [-0.39, 0.29) is 11.3 Å². The first-order valence-corrected chi connectivity index (χ1v) is 11.3. The molecule has 0 saturated carbocycles. The lowest BCUT2D eigenvalue weighted by Gasteiger charge is -2.22. The van der Waals surface area contributed by atoms with Crippen LogP contribution in [0.2, 0.25) is 0 Å². The first kappa shape index (κ1) is 20.5. The normalized spacial score (nSPS) is 18.1. The number of aliphatic hydroxyl groups excluding tert-OH is 1. The Balaban J connectivity index is 1.80. The molecule has 1 aromatic carbocycles. The van der Waals surface area contributed by atoms with Crippen LogP contribution < -0.4 is 4.90 Å². The number of Topliss-reactive ketones (excluding diaryl/α,β-unsaturated/α-hetero) is 1. The van der Waals surface area contributed by atoms with Crippen LogP contribution in [0, 0.1) is 13.8 Å². The number of ketones is 1. The first-order valence-electron chi connectivity index (χ1n) is 9.67. The smallest absolute Gasteiger partial charge is 0.301 e. The standard InChI is InChI=1S/C22H16BrN5O3S/c1-11-17(27-9-4-3-8-15(27)24-11)19(29)16-18(13-6-5-7-14(23)10-13)28(21(31)20(16)30)22-26-25-12(2)32-22/h3-10,18,29H,1-2H3. The third kappa shape index (κ3) is 3.14. The highest BCUT2D eigenvalue weighted by atomic mass is 79.9. The second-order valence-corrected chi connectivity index (χ2v) is 9.38. The summed E-state index contributed by atoms with van der Waals surface area (Å²) in [4.78, 5) is 32.2. The number of fused-ring (bicyclic) bond motifs is 1. The number of hydrogen-bond donors (Lipinski definition) is 1. The van der Waals surface area contributed by atoms with Gasteiger partial charge in [-0.15, -0.1) is 10.2 Å². The number of aromatic nitrogens is 4. The number of carbonyl (C=O) groups is 2. The molecule has 1 N–H and O–H groups in total. The molecule has 1 unspecified atom stereocenters. The van der Waals surface area contributed by atoms with Crippen LogP contribution in [0.1, 0.15) is 28.0 Å². The number of benzene rings is 1. The SMILES string of the molecule is Cc1nnc(N2C(=O)C(=O)C(=C(O)c3c(C)nc4ccccn34)C2c2cccc(Br)c2)s1. The van der Waals surface area contributed by atoms with Crippen molar-refractivity contribution in [3.05, 3.63) is 80.7 Å². The van der Waals surface area contributed by atoms with Crippen molar-refractivity contribution in [2.24, 2.45) is 0 Å². The molecular formula is C22H16BrN5O3S. The van der Waals surface area contributed by atoms with E-state index in [4.69, 9.17) is 0 Å². The number of nitrogens with zero attached hydrogens (tertiary/aromatic N) is 5. The molecule has 1 aliphatic rings. The number of carbonyl (C=O) groups excluding carboxylic acids is 2. The van der Waals surface area contributed by atoms with E-state index in [1.54, 1.807) is 42.6 Å². The number of aryl methyl sites for hydroxylation is 2. The minimum Gasteiger partial charge on any atom is -0.505 e. The van der Waals surface area contributed by atoms with Crippen LogP contribution in [0.4, 0.5) is 5.13 Å². The lowest BCUT2D eigenvalue weighted by molar-refractivity contribution is -0.132. The summed E-state index contributed by atoms with van der Waals surface area (Å²) < 4.78 is 2.48. The van der Waals surface area contributed by atoms with Gasteiger partial charge in [-0.2, -0.15) is 0 Å². The molecule has 0 bridgehead atoms. The van der Waals surface area contributed by atoms with E-state index >= 15 is 0 Å². The van der Waals surface area contributed by atoms with Gasteiger partial charge in [0.05, 0.1) is 17.3 Å². The van der Waals surface area contributed by atoms with E-state index in [1.165, 1.54) is 16.2 Å². The predicted molar refractivity (Wildman–Crippen MR) is 123 cm³/mol. The van der Waals surface area contributed by atoms with Crippen molar-refractivity contribution >= 4 is 55.5 Å². The van der Waals surface area contributed by atoms with Gasteiger partial charge in [0.25, 0.3) is 5.78 Å². The van der Waals surface area contributed by atoms with E-state index in [9.17, 15) is 14.7 Å². The van der Waals surface area contributed by atoms with Crippen LogP contribution in [-0.4, -0.2) is 36.4 Å². The van der Waals surface area contributed by atoms with Crippen molar-refractivity contribution < 1.29 is 14.7 Å². The summed E-state index contributed by atoms with van der Waals surface area (Å²) in [6.45, 7) is 3.52. The summed E-state index contributed by atoms with van der Waals surface area (Å²) in [6, 6.07) is 11.8. The second-order valence-electron chi connectivity index (χ2n) is 7.30. The minimum atomic E-state index is -0.867. The number of aliphatic hydroxyl groups is 1. The van der Waals surface area contributed by atoms with Crippen LogP contribution in [0.5, 0.6) is 0 Å². The number of anilines is 1. The molecule has 1 amide bonds. The van der Waals surface area contributed by atoms with Gasteiger partial charge < -0.3 is 5.11 Å². The van der Waals surface area contributed by atoms with Gasteiger partial charge in [-0.05, 0) is 43.7 Å². The molecule has 0 aliphatic carbocycles.